The number of rotatable bonds is 3. The molecule has 1 aliphatic heterocycles. The van der Waals surface area contributed by atoms with Crippen molar-refractivity contribution < 1.29 is 9.18 Å². The Morgan fingerprint density at radius 2 is 2.35 bits per heavy atom. The maximum Gasteiger partial charge on any atom is 0.229 e. The van der Waals surface area contributed by atoms with Crippen LogP contribution < -0.4 is 10.6 Å². The van der Waals surface area contributed by atoms with E-state index in [4.69, 9.17) is 5.73 Å². The molecule has 0 aliphatic carbocycles. The molecule has 4 heteroatoms. The van der Waals surface area contributed by atoms with Crippen LogP contribution in [0, 0.1) is 11.7 Å². The Bertz CT molecular complexity index is 433. The predicted octanol–water partition coefficient (Wildman–Crippen LogP) is 1.70. The highest BCUT2D eigenvalue weighted by atomic mass is 19.1. The topological polar surface area (TPSA) is 46.3 Å². The fraction of sp³-hybridized carbons (Fsp3) is 0.462. The number of fused-ring (bicyclic) bond motifs is 1. The van der Waals surface area contributed by atoms with Crippen molar-refractivity contribution in [2.24, 2.45) is 11.7 Å². The van der Waals surface area contributed by atoms with Gasteiger partial charge in [0.2, 0.25) is 5.91 Å². The minimum absolute atomic E-state index is 0.0415. The molecule has 2 rings (SSSR count). The van der Waals surface area contributed by atoms with Crippen molar-refractivity contribution in [1.82, 2.24) is 0 Å². The molecule has 1 aromatic rings. The number of benzene rings is 1. The average molecular weight is 236 g/mol. The summed E-state index contributed by atoms with van der Waals surface area (Å²) in [5.41, 5.74) is 7.22. The van der Waals surface area contributed by atoms with Crippen LogP contribution in [0.5, 0.6) is 0 Å². The summed E-state index contributed by atoms with van der Waals surface area (Å²) < 4.78 is 13.2. The number of halogens is 1. The van der Waals surface area contributed by atoms with Gasteiger partial charge in [-0.05, 0) is 37.1 Å². The fourth-order valence-corrected chi connectivity index (χ4v) is 2.22. The largest absolute Gasteiger partial charge is 0.330 e. The Balaban J connectivity index is 2.21. The van der Waals surface area contributed by atoms with E-state index in [1.54, 1.807) is 11.0 Å². The van der Waals surface area contributed by atoms with Gasteiger partial charge in [-0.1, -0.05) is 13.0 Å². The van der Waals surface area contributed by atoms with Gasteiger partial charge in [0.1, 0.15) is 5.82 Å². The molecular weight excluding hydrogens is 219 g/mol. The van der Waals surface area contributed by atoms with Crippen molar-refractivity contribution in [3.63, 3.8) is 0 Å². The summed E-state index contributed by atoms with van der Waals surface area (Å²) in [6.45, 7) is 3.01. The molecule has 0 radical (unpaired) electrons. The molecular formula is C13H17FN2O. The second kappa shape index (κ2) is 4.84. The highest BCUT2D eigenvalue weighted by molar-refractivity contribution is 5.96. The van der Waals surface area contributed by atoms with E-state index in [0.717, 1.165) is 17.7 Å². The molecule has 1 heterocycles. The van der Waals surface area contributed by atoms with E-state index in [-0.39, 0.29) is 17.6 Å². The van der Waals surface area contributed by atoms with Crippen molar-refractivity contribution in [2.75, 3.05) is 18.0 Å². The Labute approximate surface area is 100 Å². The van der Waals surface area contributed by atoms with Crippen LogP contribution in [0.25, 0.3) is 0 Å². The molecule has 0 spiro atoms. The summed E-state index contributed by atoms with van der Waals surface area (Å²) in [5.74, 6) is -0.357. The van der Waals surface area contributed by atoms with Crippen molar-refractivity contribution in [2.45, 2.75) is 19.8 Å². The van der Waals surface area contributed by atoms with Crippen LogP contribution in [-0.4, -0.2) is 19.0 Å². The van der Waals surface area contributed by atoms with Gasteiger partial charge in [0, 0.05) is 18.2 Å². The van der Waals surface area contributed by atoms with Gasteiger partial charge >= 0.3 is 0 Å². The molecule has 1 atom stereocenters. The Morgan fingerprint density at radius 1 is 1.59 bits per heavy atom. The minimum Gasteiger partial charge on any atom is -0.330 e. The van der Waals surface area contributed by atoms with Crippen molar-refractivity contribution >= 4 is 11.6 Å². The Morgan fingerprint density at radius 3 is 3.06 bits per heavy atom. The van der Waals surface area contributed by atoms with E-state index < -0.39 is 0 Å². The van der Waals surface area contributed by atoms with Crippen LogP contribution in [0.1, 0.15) is 18.9 Å². The quantitative estimate of drug-likeness (QED) is 0.868. The highest BCUT2D eigenvalue weighted by Gasteiger charge is 2.27. The van der Waals surface area contributed by atoms with Crippen molar-refractivity contribution in [3.8, 4) is 0 Å². The molecule has 1 amide bonds. The van der Waals surface area contributed by atoms with E-state index in [9.17, 15) is 9.18 Å². The summed E-state index contributed by atoms with van der Waals surface area (Å²) in [7, 11) is 0. The lowest BCUT2D eigenvalue weighted by atomic mass is 10.1. The molecule has 1 aliphatic rings. The predicted molar refractivity (Wildman–Crippen MR) is 65.3 cm³/mol. The average Bonchev–Trinajstić information content (AvgIpc) is 2.71. The number of nitrogens with zero attached hydrogens (tertiary/aromatic N) is 1. The van der Waals surface area contributed by atoms with Gasteiger partial charge in [-0.2, -0.15) is 0 Å². The van der Waals surface area contributed by atoms with Gasteiger partial charge in [-0.3, -0.25) is 4.79 Å². The molecule has 3 nitrogen and oxygen atoms in total. The molecule has 1 unspecified atom stereocenters. The molecule has 0 saturated carbocycles. The maximum absolute atomic E-state index is 13.2. The van der Waals surface area contributed by atoms with Gasteiger partial charge in [0.05, 0.1) is 0 Å². The standard InChI is InChI=1S/C13H17FN2O/c1-9(4-6-15)13(17)16-7-5-10-2-3-11(14)8-12(10)16/h2-3,8-9H,4-7,15H2,1H3. The van der Waals surface area contributed by atoms with Crippen LogP contribution in [-0.2, 0) is 11.2 Å². The van der Waals surface area contributed by atoms with E-state index in [2.05, 4.69) is 0 Å². The Kier molecular flexibility index (Phi) is 3.43. The molecule has 1 aromatic carbocycles. The van der Waals surface area contributed by atoms with Crippen LogP contribution in [0.3, 0.4) is 0 Å². The molecule has 0 aromatic heterocycles. The number of amides is 1. The number of hydrogen-bond donors (Lipinski definition) is 1. The molecule has 0 saturated heterocycles. The summed E-state index contributed by atoms with van der Waals surface area (Å²) in [6, 6.07) is 4.64. The zero-order valence-electron chi connectivity index (χ0n) is 9.95. The van der Waals surface area contributed by atoms with E-state index in [1.807, 2.05) is 6.92 Å². The van der Waals surface area contributed by atoms with Gasteiger partial charge in [-0.15, -0.1) is 0 Å². The third-order valence-electron chi connectivity index (χ3n) is 3.23. The summed E-state index contributed by atoms with van der Waals surface area (Å²) in [6.07, 6.45) is 1.47. The van der Waals surface area contributed by atoms with E-state index >= 15 is 0 Å². The van der Waals surface area contributed by atoms with Crippen molar-refractivity contribution in [3.05, 3.63) is 29.6 Å². The van der Waals surface area contributed by atoms with Crippen molar-refractivity contribution in [1.29, 1.82) is 0 Å². The zero-order chi connectivity index (χ0) is 12.4. The molecule has 92 valence electrons. The van der Waals surface area contributed by atoms with Gasteiger partial charge in [-0.25, -0.2) is 4.39 Å². The molecule has 0 bridgehead atoms. The minimum atomic E-state index is -0.296. The number of carbonyl (C=O) groups is 1. The molecule has 0 fully saturated rings. The smallest absolute Gasteiger partial charge is 0.229 e. The third kappa shape index (κ3) is 2.31. The van der Waals surface area contributed by atoms with Crippen LogP contribution in [0.4, 0.5) is 10.1 Å². The Hall–Kier alpha value is -1.42. The number of carbonyl (C=O) groups excluding carboxylic acids is 1. The molecule has 17 heavy (non-hydrogen) atoms. The molecule has 2 N–H and O–H groups in total. The van der Waals surface area contributed by atoms with Gasteiger partial charge in [0.15, 0.2) is 0 Å². The first-order valence-electron chi connectivity index (χ1n) is 5.93. The summed E-state index contributed by atoms with van der Waals surface area (Å²) in [5, 5.41) is 0. The fourth-order valence-electron chi connectivity index (χ4n) is 2.22. The first-order valence-corrected chi connectivity index (χ1v) is 5.93. The zero-order valence-corrected chi connectivity index (χ0v) is 9.95. The van der Waals surface area contributed by atoms with Crippen LogP contribution in [0.2, 0.25) is 0 Å². The second-order valence-electron chi connectivity index (χ2n) is 4.49. The third-order valence-corrected chi connectivity index (χ3v) is 3.23. The van der Waals surface area contributed by atoms with Gasteiger partial charge in [0.25, 0.3) is 0 Å². The lowest BCUT2D eigenvalue weighted by molar-refractivity contribution is -0.121. The lowest BCUT2D eigenvalue weighted by Gasteiger charge is -2.21. The van der Waals surface area contributed by atoms with E-state index in [0.29, 0.717) is 19.5 Å². The van der Waals surface area contributed by atoms with E-state index in [1.165, 1.54) is 12.1 Å². The second-order valence-corrected chi connectivity index (χ2v) is 4.49. The summed E-state index contributed by atoms with van der Waals surface area (Å²) in [4.78, 5) is 13.8. The summed E-state index contributed by atoms with van der Waals surface area (Å²) >= 11 is 0. The number of nitrogens with two attached hydrogens (primary N) is 1. The normalized spacial score (nSPS) is 15.8. The van der Waals surface area contributed by atoms with Crippen LogP contribution >= 0.6 is 0 Å². The highest BCUT2D eigenvalue weighted by Crippen LogP contribution is 2.30. The lowest BCUT2D eigenvalue weighted by Crippen LogP contribution is -2.34. The van der Waals surface area contributed by atoms with Gasteiger partial charge < -0.3 is 10.6 Å². The monoisotopic (exact) mass is 236 g/mol. The maximum atomic E-state index is 13.2. The number of hydrogen-bond acceptors (Lipinski definition) is 2. The van der Waals surface area contributed by atoms with Crippen LogP contribution in [0.15, 0.2) is 18.2 Å². The first kappa shape index (κ1) is 12.0. The first-order chi connectivity index (χ1) is 8.13. The SMILES string of the molecule is CC(CCN)C(=O)N1CCc2ccc(F)cc21. The number of anilines is 1.